The summed E-state index contributed by atoms with van der Waals surface area (Å²) in [5.74, 6) is -2.98. The van der Waals surface area contributed by atoms with Crippen LogP contribution in [0.4, 0.5) is 8.78 Å². The number of rotatable bonds is 7. The van der Waals surface area contributed by atoms with Crippen molar-refractivity contribution in [2.75, 3.05) is 0 Å². The fourth-order valence-electron chi connectivity index (χ4n) is 3.23. The molecule has 0 N–H and O–H groups in total. The van der Waals surface area contributed by atoms with Crippen molar-refractivity contribution in [1.82, 2.24) is 19.7 Å². The van der Waals surface area contributed by atoms with Gasteiger partial charge in [0.1, 0.15) is 5.52 Å². The third kappa shape index (κ3) is 3.77. The zero-order valence-electron chi connectivity index (χ0n) is 16.0. The highest BCUT2D eigenvalue weighted by atomic mass is 32.2. The number of hydrogen-bond donors (Lipinski definition) is 0. The van der Waals surface area contributed by atoms with Gasteiger partial charge >= 0.3 is 5.76 Å². The van der Waals surface area contributed by atoms with Crippen LogP contribution in [0, 0.1) is 0 Å². The molecule has 0 saturated carbocycles. The molecule has 0 unspecified atom stereocenters. The molecule has 0 spiro atoms. The fraction of sp³-hybridized carbons (Fsp3) is 0.250. The van der Waals surface area contributed by atoms with Crippen molar-refractivity contribution >= 4 is 43.7 Å². The quantitative estimate of drug-likeness (QED) is 0.382. The minimum atomic E-state index is -4.59. The Morgan fingerprint density at radius 1 is 1.07 bits per heavy atom. The van der Waals surface area contributed by atoms with Gasteiger partial charge in [-0.1, -0.05) is 49.0 Å². The van der Waals surface area contributed by atoms with Crippen molar-refractivity contribution in [2.24, 2.45) is 0 Å². The lowest BCUT2D eigenvalue weighted by Gasteiger charge is -2.06. The van der Waals surface area contributed by atoms with E-state index in [1.54, 1.807) is 0 Å². The molecular formula is C20H18F2N4O2S2. The Kier molecular flexibility index (Phi) is 5.70. The second kappa shape index (κ2) is 8.27. The lowest BCUT2D eigenvalue weighted by Crippen LogP contribution is -2.11. The van der Waals surface area contributed by atoms with Crippen molar-refractivity contribution < 1.29 is 17.2 Å². The standard InChI is InChI=1S/C20H18F2N4O2S2/c1-2-11-26-16-6-4-3-5-15(16)17-18(26)23-20(25-24-17)29-12-13-7-9-14(10-8-13)30(27,28)19(21)22/h3-10,19H,2,11-12H2,1H3. The van der Waals surface area contributed by atoms with E-state index in [2.05, 4.69) is 26.7 Å². The van der Waals surface area contributed by atoms with Crippen LogP contribution in [0.15, 0.2) is 58.6 Å². The van der Waals surface area contributed by atoms with Gasteiger partial charge in [-0.25, -0.2) is 13.4 Å². The van der Waals surface area contributed by atoms with Gasteiger partial charge in [-0.05, 0) is 30.2 Å². The number of hydrogen-bond acceptors (Lipinski definition) is 6. The fourth-order valence-corrected chi connectivity index (χ4v) is 4.69. The number of benzene rings is 2. The molecule has 2 heterocycles. The van der Waals surface area contributed by atoms with E-state index in [-0.39, 0.29) is 0 Å². The molecule has 30 heavy (non-hydrogen) atoms. The normalized spacial score (nSPS) is 12.3. The van der Waals surface area contributed by atoms with Crippen LogP contribution in [0.3, 0.4) is 0 Å². The number of sulfone groups is 1. The van der Waals surface area contributed by atoms with Crippen LogP contribution >= 0.6 is 11.8 Å². The Morgan fingerprint density at radius 2 is 1.80 bits per heavy atom. The number of fused-ring (bicyclic) bond motifs is 3. The van der Waals surface area contributed by atoms with Crippen LogP contribution in [0.25, 0.3) is 22.1 Å². The lowest BCUT2D eigenvalue weighted by atomic mass is 10.2. The number of aryl methyl sites for hydroxylation is 1. The molecule has 10 heteroatoms. The highest BCUT2D eigenvalue weighted by Crippen LogP contribution is 2.28. The van der Waals surface area contributed by atoms with Gasteiger partial charge in [0.2, 0.25) is 15.0 Å². The van der Waals surface area contributed by atoms with Gasteiger partial charge in [-0.2, -0.15) is 8.78 Å². The Morgan fingerprint density at radius 3 is 2.50 bits per heavy atom. The molecule has 2 aromatic carbocycles. The number of para-hydroxylation sites is 1. The van der Waals surface area contributed by atoms with Gasteiger partial charge in [-0.3, -0.25) is 0 Å². The SMILES string of the molecule is CCCn1c2ccccc2c2nnc(SCc3ccc(S(=O)(=O)C(F)F)cc3)nc21. The summed E-state index contributed by atoms with van der Waals surface area (Å²) < 4.78 is 50.5. The third-order valence-corrected chi connectivity index (χ3v) is 6.96. The highest BCUT2D eigenvalue weighted by Gasteiger charge is 2.26. The first-order valence-corrected chi connectivity index (χ1v) is 11.8. The molecule has 0 aliphatic carbocycles. The van der Waals surface area contributed by atoms with Gasteiger partial charge in [0, 0.05) is 17.7 Å². The van der Waals surface area contributed by atoms with E-state index in [9.17, 15) is 17.2 Å². The summed E-state index contributed by atoms with van der Waals surface area (Å²) in [6.07, 6.45) is 0.953. The van der Waals surface area contributed by atoms with Crippen LogP contribution < -0.4 is 0 Å². The Hall–Kier alpha value is -2.59. The predicted molar refractivity (Wildman–Crippen MR) is 112 cm³/mol. The molecular weight excluding hydrogens is 430 g/mol. The number of nitrogens with zero attached hydrogens (tertiary/aromatic N) is 4. The highest BCUT2D eigenvalue weighted by molar-refractivity contribution is 7.98. The van der Waals surface area contributed by atoms with Crippen LogP contribution in [-0.4, -0.2) is 33.9 Å². The van der Waals surface area contributed by atoms with E-state index in [1.807, 2.05) is 24.3 Å². The molecule has 0 amide bonds. The molecule has 156 valence electrons. The van der Waals surface area contributed by atoms with Crippen molar-refractivity contribution in [3.05, 3.63) is 54.1 Å². The van der Waals surface area contributed by atoms with Crippen molar-refractivity contribution in [1.29, 1.82) is 0 Å². The maximum Gasteiger partial charge on any atom is 0.341 e. The molecule has 4 rings (SSSR count). The maximum absolute atomic E-state index is 12.6. The van der Waals surface area contributed by atoms with Crippen LogP contribution in [-0.2, 0) is 22.1 Å². The summed E-state index contributed by atoms with van der Waals surface area (Å²) in [4.78, 5) is 4.29. The summed E-state index contributed by atoms with van der Waals surface area (Å²) in [5, 5.41) is 10.1. The zero-order chi connectivity index (χ0) is 21.3. The molecule has 0 saturated heterocycles. The average Bonchev–Trinajstić information content (AvgIpc) is 3.06. The molecule has 0 aliphatic heterocycles. The van der Waals surface area contributed by atoms with Gasteiger partial charge in [-0.15, -0.1) is 10.2 Å². The average molecular weight is 449 g/mol. The first-order chi connectivity index (χ1) is 14.4. The monoisotopic (exact) mass is 448 g/mol. The molecule has 0 bridgehead atoms. The molecule has 0 aliphatic rings. The van der Waals surface area contributed by atoms with Gasteiger partial charge in [0.25, 0.3) is 0 Å². The number of halogens is 2. The largest absolute Gasteiger partial charge is 0.341 e. The van der Waals surface area contributed by atoms with Crippen LogP contribution in [0.2, 0.25) is 0 Å². The van der Waals surface area contributed by atoms with E-state index < -0.39 is 20.5 Å². The first-order valence-electron chi connectivity index (χ1n) is 9.27. The Bertz CT molecular complexity index is 1310. The van der Waals surface area contributed by atoms with Crippen molar-refractivity contribution in [3.8, 4) is 0 Å². The zero-order valence-corrected chi connectivity index (χ0v) is 17.6. The second-order valence-corrected chi connectivity index (χ2v) is 9.53. The van der Waals surface area contributed by atoms with Gasteiger partial charge < -0.3 is 4.57 Å². The molecule has 2 aromatic heterocycles. The Labute approximate surface area is 176 Å². The van der Waals surface area contributed by atoms with Gasteiger partial charge in [0.15, 0.2) is 5.65 Å². The number of aromatic nitrogens is 4. The summed E-state index contributed by atoms with van der Waals surface area (Å²) in [6, 6.07) is 13.4. The van der Waals surface area contributed by atoms with E-state index >= 15 is 0 Å². The smallest absolute Gasteiger partial charge is 0.324 e. The summed E-state index contributed by atoms with van der Waals surface area (Å²) in [6.45, 7) is 2.91. The molecule has 0 fully saturated rings. The maximum atomic E-state index is 12.6. The minimum Gasteiger partial charge on any atom is -0.324 e. The van der Waals surface area contributed by atoms with E-state index in [0.717, 1.165) is 40.6 Å². The van der Waals surface area contributed by atoms with Crippen molar-refractivity contribution in [2.45, 2.75) is 41.5 Å². The Balaban J connectivity index is 1.59. The summed E-state index contributed by atoms with van der Waals surface area (Å²) >= 11 is 1.35. The molecule has 4 aromatic rings. The first kappa shape index (κ1) is 20.7. The molecule has 0 atom stereocenters. The van der Waals surface area contributed by atoms with E-state index in [4.69, 9.17) is 0 Å². The second-order valence-electron chi connectivity index (χ2n) is 6.67. The summed E-state index contributed by atoms with van der Waals surface area (Å²) in [7, 11) is -4.59. The molecule has 0 radical (unpaired) electrons. The van der Waals surface area contributed by atoms with E-state index in [1.165, 1.54) is 36.0 Å². The number of thioether (sulfide) groups is 1. The third-order valence-electron chi connectivity index (χ3n) is 4.66. The summed E-state index contributed by atoms with van der Waals surface area (Å²) in [5.41, 5.74) is 3.36. The lowest BCUT2D eigenvalue weighted by molar-refractivity contribution is 0.234. The van der Waals surface area contributed by atoms with Gasteiger partial charge in [0.05, 0.1) is 10.4 Å². The topological polar surface area (TPSA) is 77.7 Å². The van der Waals surface area contributed by atoms with E-state index in [0.29, 0.717) is 10.9 Å². The predicted octanol–water partition coefficient (Wildman–Crippen LogP) is 4.68. The van der Waals surface area contributed by atoms with Crippen LogP contribution in [0.1, 0.15) is 18.9 Å². The minimum absolute atomic E-state index is 0.394. The number of alkyl halides is 2. The molecule has 6 nitrogen and oxygen atoms in total. The van der Waals surface area contributed by atoms with Crippen molar-refractivity contribution in [3.63, 3.8) is 0 Å². The van der Waals surface area contributed by atoms with Crippen LogP contribution in [0.5, 0.6) is 0 Å².